The predicted octanol–water partition coefficient (Wildman–Crippen LogP) is 13.9. The van der Waals surface area contributed by atoms with Gasteiger partial charge in [0.1, 0.15) is 0 Å². The molecule has 0 saturated heterocycles. The molecule has 1 atom stereocenters. The molecule has 2 heteroatoms. The Morgan fingerprint density at radius 1 is 0.462 bits per heavy atom. The first-order valence-electron chi connectivity index (χ1n) is 18.0. The van der Waals surface area contributed by atoms with Crippen LogP contribution in [0.4, 0.5) is 34.1 Å². The van der Waals surface area contributed by atoms with Crippen molar-refractivity contribution >= 4 is 50.5 Å². The van der Waals surface area contributed by atoms with Crippen LogP contribution >= 0.6 is 0 Å². The largest absolute Gasteiger partial charge is 0.310 e. The SMILES string of the molecule is C1=CC2=CC(c3c(N(c4cccc(-c5ccccc5)c4)c4cccc(N(c5ccccc5)c5ccccc5)c4)ccc4ccccc34)=CCC2C=C1. The molecule has 52 heavy (non-hydrogen) atoms. The quantitative estimate of drug-likeness (QED) is 0.159. The lowest BCUT2D eigenvalue weighted by Gasteiger charge is -2.32. The lowest BCUT2D eigenvalue weighted by atomic mass is 9.82. The number of hydrogen-bond donors (Lipinski definition) is 0. The van der Waals surface area contributed by atoms with Gasteiger partial charge < -0.3 is 9.80 Å². The molecule has 7 aromatic rings. The van der Waals surface area contributed by atoms with Crippen LogP contribution in [0, 0.1) is 5.92 Å². The fraction of sp³-hybridized carbons (Fsp3) is 0.0400. The Hall–Kier alpha value is -6.64. The molecule has 0 bridgehead atoms. The van der Waals surface area contributed by atoms with Gasteiger partial charge in [-0.15, -0.1) is 0 Å². The molecular weight excluding hydrogens is 629 g/mol. The van der Waals surface area contributed by atoms with Crippen molar-refractivity contribution in [2.75, 3.05) is 9.80 Å². The first kappa shape index (κ1) is 31.3. The van der Waals surface area contributed by atoms with E-state index >= 15 is 0 Å². The van der Waals surface area contributed by atoms with Crippen LogP contribution in [0.5, 0.6) is 0 Å². The molecule has 0 spiro atoms. The fourth-order valence-corrected chi connectivity index (χ4v) is 7.64. The number of rotatable bonds is 8. The molecule has 9 rings (SSSR count). The Kier molecular flexibility index (Phi) is 8.40. The lowest BCUT2D eigenvalue weighted by molar-refractivity contribution is 0.783. The molecule has 248 valence electrons. The molecule has 0 fully saturated rings. The van der Waals surface area contributed by atoms with E-state index in [4.69, 9.17) is 0 Å². The second-order valence-corrected chi connectivity index (χ2v) is 13.3. The van der Waals surface area contributed by atoms with Gasteiger partial charge in [-0.25, -0.2) is 0 Å². The minimum Gasteiger partial charge on any atom is -0.310 e. The van der Waals surface area contributed by atoms with Gasteiger partial charge in [-0.2, -0.15) is 0 Å². The molecule has 2 aliphatic carbocycles. The molecule has 0 N–H and O–H groups in total. The van der Waals surface area contributed by atoms with Crippen molar-refractivity contribution in [3.63, 3.8) is 0 Å². The molecule has 0 aromatic heterocycles. The van der Waals surface area contributed by atoms with E-state index in [0.29, 0.717) is 5.92 Å². The van der Waals surface area contributed by atoms with E-state index in [1.165, 1.54) is 38.6 Å². The van der Waals surface area contributed by atoms with Gasteiger partial charge in [0, 0.05) is 39.9 Å². The van der Waals surface area contributed by atoms with Crippen LogP contribution < -0.4 is 9.80 Å². The third kappa shape index (κ3) is 6.05. The summed E-state index contributed by atoms with van der Waals surface area (Å²) < 4.78 is 0. The molecular formula is C50H38N2. The first-order chi connectivity index (χ1) is 25.8. The van der Waals surface area contributed by atoms with Gasteiger partial charge >= 0.3 is 0 Å². The van der Waals surface area contributed by atoms with E-state index < -0.39 is 0 Å². The van der Waals surface area contributed by atoms with Crippen molar-refractivity contribution in [1.29, 1.82) is 0 Å². The molecule has 2 nitrogen and oxygen atoms in total. The van der Waals surface area contributed by atoms with E-state index in [0.717, 1.165) is 40.5 Å². The van der Waals surface area contributed by atoms with Gasteiger partial charge in [-0.3, -0.25) is 0 Å². The van der Waals surface area contributed by atoms with E-state index in [-0.39, 0.29) is 0 Å². The van der Waals surface area contributed by atoms with Crippen molar-refractivity contribution in [3.8, 4) is 11.1 Å². The summed E-state index contributed by atoms with van der Waals surface area (Å²) in [4.78, 5) is 4.79. The maximum atomic E-state index is 2.45. The van der Waals surface area contributed by atoms with Gasteiger partial charge in [-0.1, -0.05) is 152 Å². The number of nitrogens with zero attached hydrogens (tertiary/aromatic N) is 2. The molecule has 7 aromatic carbocycles. The highest BCUT2D eigenvalue weighted by molar-refractivity contribution is 6.04. The standard InChI is InChI=1S/C50H38N2/c1-4-16-37(17-5-1)41-21-14-26-45(35-41)52(47-28-15-27-46(36-47)51(43-22-6-2-7-23-43)44-24-8-3-9-25-44)49-33-32-39-19-12-13-29-48(39)50(49)42-31-30-38-18-10-11-20-40(38)34-42/h1-29,31-36,38H,30H2. The van der Waals surface area contributed by atoms with Crippen LogP contribution in [0.15, 0.2) is 218 Å². The van der Waals surface area contributed by atoms with Gasteiger partial charge in [-0.05, 0) is 100 Å². The van der Waals surface area contributed by atoms with Gasteiger partial charge in [0.05, 0.1) is 5.69 Å². The maximum absolute atomic E-state index is 2.45. The normalized spacial score (nSPS) is 14.7. The van der Waals surface area contributed by atoms with Crippen molar-refractivity contribution in [2.45, 2.75) is 6.42 Å². The molecule has 1 unspecified atom stereocenters. The Balaban J connectivity index is 1.28. The smallest absolute Gasteiger partial charge is 0.0546 e. The van der Waals surface area contributed by atoms with Gasteiger partial charge in [0.25, 0.3) is 0 Å². The number of allylic oxidation sites excluding steroid dienone is 8. The fourth-order valence-electron chi connectivity index (χ4n) is 7.64. The minimum absolute atomic E-state index is 0.421. The average molecular weight is 667 g/mol. The average Bonchev–Trinajstić information content (AvgIpc) is 3.22. The van der Waals surface area contributed by atoms with Crippen LogP contribution in [-0.4, -0.2) is 0 Å². The van der Waals surface area contributed by atoms with E-state index in [1.54, 1.807) is 0 Å². The molecule has 0 saturated carbocycles. The van der Waals surface area contributed by atoms with Gasteiger partial charge in [0.2, 0.25) is 0 Å². The van der Waals surface area contributed by atoms with Crippen LogP contribution in [0.25, 0.3) is 27.5 Å². The number of hydrogen-bond acceptors (Lipinski definition) is 2. The number of fused-ring (bicyclic) bond motifs is 2. The van der Waals surface area contributed by atoms with Crippen molar-refractivity contribution in [2.24, 2.45) is 5.92 Å². The Morgan fingerprint density at radius 3 is 1.81 bits per heavy atom. The highest BCUT2D eigenvalue weighted by atomic mass is 15.2. The highest BCUT2D eigenvalue weighted by Gasteiger charge is 2.24. The second-order valence-electron chi connectivity index (χ2n) is 13.3. The van der Waals surface area contributed by atoms with Crippen LogP contribution in [0.3, 0.4) is 0 Å². The monoisotopic (exact) mass is 666 g/mol. The van der Waals surface area contributed by atoms with Crippen LogP contribution in [0.1, 0.15) is 12.0 Å². The summed E-state index contributed by atoms with van der Waals surface area (Å²) in [5.41, 5.74) is 12.9. The third-order valence-corrected chi connectivity index (χ3v) is 10.1. The predicted molar refractivity (Wildman–Crippen MR) is 221 cm³/mol. The molecule has 0 amide bonds. The van der Waals surface area contributed by atoms with E-state index in [9.17, 15) is 0 Å². The van der Waals surface area contributed by atoms with Crippen molar-refractivity contribution in [1.82, 2.24) is 0 Å². The summed E-state index contributed by atoms with van der Waals surface area (Å²) >= 11 is 0. The zero-order chi connectivity index (χ0) is 34.7. The summed E-state index contributed by atoms with van der Waals surface area (Å²) in [6.07, 6.45) is 14.7. The summed E-state index contributed by atoms with van der Waals surface area (Å²) in [6, 6.07) is 63.2. The zero-order valence-electron chi connectivity index (χ0n) is 28.9. The van der Waals surface area contributed by atoms with Crippen LogP contribution in [0.2, 0.25) is 0 Å². The summed E-state index contributed by atoms with van der Waals surface area (Å²) in [5.74, 6) is 0.421. The Bertz CT molecular complexity index is 2450. The maximum Gasteiger partial charge on any atom is 0.0546 e. The minimum atomic E-state index is 0.421. The highest BCUT2D eigenvalue weighted by Crippen LogP contribution is 2.47. The topological polar surface area (TPSA) is 6.48 Å². The number of benzene rings is 7. The van der Waals surface area contributed by atoms with E-state index in [1.807, 2.05) is 0 Å². The van der Waals surface area contributed by atoms with Crippen molar-refractivity contribution < 1.29 is 0 Å². The number of anilines is 6. The van der Waals surface area contributed by atoms with E-state index in [2.05, 4.69) is 222 Å². The Labute approximate surface area is 306 Å². The molecule has 2 aliphatic rings. The zero-order valence-corrected chi connectivity index (χ0v) is 28.9. The first-order valence-corrected chi connectivity index (χ1v) is 18.0. The molecule has 0 heterocycles. The van der Waals surface area contributed by atoms with Crippen molar-refractivity contribution in [3.05, 3.63) is 224 Å². The third-order valence-electron chi connectivity index (χ3n) is 10.1. The molecule has 0 aliphatic heterocycles. The number of para-hydroxylation sites is 2. The summed E-state index contributed by atoms with van der Waals surface area (Å²) in [7, 11) is 0. The van der Waals surface area contributed by atoms with Gasteiger partial charge in [0.15, 0.2) is 0 Å². The summed E-state index contributed by atoms with van der Waals surface area (Å²) in [5, 5.41) is 2.47. The summed E-state index contributed by atoms with van der Waals surface area (Å²) in [6.45, 7) is 0. The Morgan fingerprint density at radius 2 is 1.06 bits per heavy atom. The lowest BCUT2D eigenvalue weighted by Crippen LogP contribution is -2.15. The van der Waals surface area contributed by atoms with Crippen LogP contribution in [-0.2, 0) is 0 Å². The molecule has 0 radical (unpaired) electrons. The second kappa shape index (κ2) is 13.9.